The van der Waals surface area contributed by atoms with Gasteiger partial charge in [0.2, 0.25) is 0 Å². The van der Waals surface area contributed by atoms with E-state index in [-0.39, 0.29) is 5.91 Å². The van der Waals surface area contributed by atoms with Crippen molar-refractivity contribution in [2.75, 3.05) is 35.2 Å². The Kier molecular flexibility index (Phi) is 6.89. The van der Waals surface area contributed by atoms with Gasteiger partial charge in [-0.25, -0.2) is 4.98 Å². The molecule has 160 valence electrons. The fourth-order valence-corrected chi connectivity index (χ4v) is 3.98. The number of halogens is 2. The van der Waals surface area contributed by atoms with Crippen LogP contribution in [0.4, 0.5) is 17.2 Å². The van der Waals surface area contributed by atoms with Crippen molar-refractivity contribution in [3.8, 4) is 0 Å². The van der Waals surface area contributed by atoms with Crippen LogP contribution in [0.1, 0.15) is 23.2 Å². The van der Waals surface area contributed by atoms with Crippen molar-refractivity contribution in [2.24, 2.45) is 5.92 Å². The van der Waals surface area contributed by atoms with Crippen molar-refractivity contribution in [3.63, 3.8) is 0 Å². The van der Waals surface area contributed by atoms with Gasteiger partial charge in [0.05, 0.1) is 10.6 Å². The summed E-state index contributed by atoms with van der Waals surface area (Å²) in [5.74, 6) is 0.693. The van der Waals surface area contributed by atoms with Gasteiger partial charge in [-0.05, 0) is 61.2 Å². The SMILES string of the molecule is O=C(Nc1ccc(Cl)cn1)c1cc(Cl)ccc1NCC1CCN(c2ccncc2)CC1. The molecule has 0 radical (unpaired) electrons. The molecule has 31 heavy (non-hydrogen) atoms. The number of nitrogens with one attached hydrogen (secondary N) is 2. The van der Waals surface area contributed by atoms with Crippen LogP contribution in [0.3, 0.4) is 0 Å². The summed E-state index contributed by atoms with van der Waals surface area (Å²) in [5, 5.41) is 7.26. The molecule has 1 saturated heterocycles. The zero-order valence-electron chi connectivity index (χ0n) is 16.9. The number of carbonyl (C=O) groups excluding carboxylic acids is 1. The van der Waals surface area contributed by atoms with Gasteiger partial charge in [0.25, 0.3) is 5.91 Å². The number of pyridine rings is 2. The lowest BCUT2D eigenvalue weighted by Gasteiger charge is -2.33. The van der Waals surface area contributed by atoms with E-state index in [1.807, 2.05) is 30.6 Å². The van der Waals surface area contributed by atoms with Crippen LogP contribution >= 0.6 is 23.2 Å². The molecule has 4 rings (SSSR count). The molecule has 1 amide bonds. The third-order valence-electron chi connectivity index (χ3n) is 5.42. The summed E-state index contributed by atoms with van der Waals surface area (Å²) in [6.45, 7) is 2.81. The number of benzene rings is 1. The van der Waals surface area contributed by atoms with Gasteiger partial charge in [-0.2, -0.15) is 0 Å². The largest absolute Gasteiger partial charge is 0.384 e. The quantitative estimate of drug-likeness (QED) is 0.522. The number of rotatable bonds is 6. The summed E-state index contributed by atoms with van der Waals surface area (Å²) in [7, 11) is 0. The highest BCUT2D eigenvalue weighted by Crippen LogP contribution is 2.26. The first kappa shape index (κ1) is 21.4. The number of anilines is 3. The van der Waals surface area contributed by atoms with Crippen LogP contribution in [-0.4, -0.2) is 35.5 Å². The van der Waals surface area contributed by atoms with Crippen LogP contribution in [0.5, 0.6) is 0 Å². The molecule has 6 nitrogen and oxygen atoms in total. The van der Waals surface area contributed by atoms with Gasteiger partial charge in [-0.3, -0.25) is 9.78 Å². The van der Waals surface area contributed by atoms with Gasteiger partial charge in [-0.15, -0.1) is 0 Å². The zero-order valence-corrected chi connectivity index (χ0v) is 18.4. The summed E-state index contributed by atoms with van der Waals surface area (Å²) in [5.41, 5.74) is 2.46. The number of aromatic nitrogens is 2. The van der Waals surface area contributed by atoms with E-state index >= 15 is 0 Å². The van der Waals surface area contributed by atoms with Crippen molar-refractivity contribution < 1.29 is 4.79 Å². The Bertz CT molecular complexity index is 1020. The van der Waals surface area contributed by atoms with E-state index in [9.17, 15) is 4.79 Å². The number of hydrogen-bond donors (Lipinski definition) is 2. The molecule has 8 heteroatoms. The van der Waals surface area contributed by atoms with E-state index in [0.717, 1.165) is 38.2 Å². The predicted molar refractivity (Wildman–Crippen MR) is 126 cm³/mol. The maximum Gasteiger partial charge on any atom is 0.258 e. The van der Waals surface area contributed by atoms with E-state index in [1.54, 1.807) is 24.3 Å². The van der Waals surface area contributed by atoms with Crippen molar-refractivity contribution in [1.82, 2.24) is 9.97 Å². The molecular weight excluding hydrogens is 433 g/mol. The monoisotopic (exact) mass is 455 g/mol. The average molecular weight is 456 g/mol. The minimum absolute atomic E-state index is 0.271. The van der Waals surface area contributed by atoms with Crippen LogP contribution < -0.4 is 15.5 Å². The summed E-state index contributed by atoms with van der Waals surface area (Å²) in [4.78, 5) is 23.4. The van der Waals surface area contributed by atoms with Gasteiger partial charge >= 0.3 is 0 Å². The van der Waals surface area contributed by atoms with E-state index in [2.05, 4.69) is 25.5 Å². The second-order valence-corrected chi connectivity index (χ2v) is 8.40. The molecular formula is C23H23Cl2N5O. The lowest BCUT2D eigenvalue weighted by Crippen LogP contribution is -2.36. The molecule has 2 aromatic heterocycles. The van der Waals surface area contributed by atoms with Gasteiger partial charge in [0.15, 0.2) is 0 Å². The molecule has 1 fully saturated rings. The Hall–Kier alpha value is -2.83. The fraction of sp³-hybridized carbons (Fsp3) is 0.261. The average Bonchev–Trinajstić information content (AvgIpc) is 2.80. The summed E-state index contributed by atoms with van der Waals surface area (Å²) < 4.78 is 0. The lowest BCUT2D eigenvalue weighted by atomic mass is 9.96. The molecule has 1 aliphatic rings. The van der Waals surface area contributed by atoms with Gasteiger partial charge in [0, 0.05) is 54.6 Å². The molecule has 0 unspecified atom stereocenters. The zero-order chi connectivity index (χ0) is 21.6. The Morgan fingerprint density at radius 3 is 2.48 bits per heavy atom. The Balaban J connectivity index is 1.37. The van der Waals surface area contributed by atoms with Crippen molar-refractivity contribution in [2.45, 2.75) is 12.8 Å². The molecule has 0 aliphatic carbocycles. The first-order valence-corrected chi connectivity index (χ1v) is 11.0. The van der Waals surface area contributed by atoms with Crippen LogP contribution in [0, 0.1) is 5.92 Å². The molecule has 0 bridgehead atoms. The van der Waals surface area contributed by atoms with Crippen LogP contribution in [0.25, 0.3) is 0 Å². The maximum absolute atomic E-state index is 12.8. The van der Waals surface area contributed by atoms with Crippen molar-refractivity contribution >= 4 is 46.3 Å². The van der Waals surface area contributed by atoms with Gasteiger partial charge in [0.1, 0.15) is 5.82 Å². The standard InChI is InChI=1S/C23H23Cl2N5O/c24-17-1-3-21(20(13-17)23(31)29-22-4-2-18(25)15-28-22)27-14-16-7-11-30(12-8-16)19-5-9-26-10-6-19/h1-6,9-10,13,15-16,27H,7-8,11-12,14H2,(H,28,29,31). The normalized spacial score (nSPS) is 14.3. The molecule has 0 atom stereocenters. The molecule has 0 spiro atoms. The van der Waals surface area contributed by atoms with Crippen molar-refractivity contribution in [3.05, 3.63) is 76.7 Å². The number of hydrogen-bond acceptors (Lipinski definition) is 5. The number of nitrogens with zero attached hydrogens (tertiary/aromatic N) is 3. The highest BCUT2D eigenvalue weighted by atomic mass is 35.5. The molecule has 1 aliphatic heterocycles. The maximum atomic E-state index is 12.8. The third-order valence-corrected chi connectivity index (χ3v) is 5.88. The molecule has 0 saturated carbocycles. The molecule has 3 heterocycles. The summed E-state index contributed by atoms with van der Waals surface area (Å²) >= 11 is 12.0. The Morgan fingerprint density at radius 1 is 1.03 bits per heavy atom. The number of amides is 1. The minimum atomic E-state index is -0.271. The molecule has 3 aromatic rings. The number of piperidine rings is 1. The van der Waals surface area contributed by atoms with Crippen LogP contribution in [-0.2, 0) is 0 Å². The molecule has 2 N–H and O–H groups in total. The van der Waals surface area contributed by atoms with E-state index < -0.39 is 0 Å². The van der Waals surface area contributed by atoms with Crippen molar-refractivity contribution in [1.29, 1.82) is 0 Å². The third kappa shape index (κ3) is 5.66. The predicted octanol–water partition coefficient (Wildman–Crippen LogP) is 5.36. The highest BCUT2D eigenvalue weighted by Gasteiger charge is 2.20. The Labute approximate surface area is 191 Å². The second kappa shape index (κ2) is 9.98. The first-order chi connectivity index (χ1) is 15.1. The van der Waals surface area contributed by atoms with E-state index in [0.29, 0.717) is 27.3 Å². The smallest absolute Gasteiger partial charge is 0.258 e. The van der Waals surface area contributed by atoms with Crippen LogP contribution in [0.15, 0.2) is 61.1 Å². The molecule has 1 aromatic carbocycles. The fourth-order valence-electron chi connectivity index (χ4n) is 3.70. The topological polar surface area (TPSA) is 70.2 Å². The van der Waals surface area contributed by atoms with Gasteiger partial charge in [-0.1, -0.05) is 23.2 Å². The Morgan fingerprint density at radius 2 is 1.77 bits per heavy atom. The van der Waals surface area contributed by atoms with Crippen LogP contribution in [0.2, 0.25) is 10.0 Å². The van der Waals surface area contributed by atoms with E-state index in [1.165, 1.54) is 11.9 Å². The highest BCUT2D eigenvalue weighted by molar-refractivity contribution is 6.31. The second-order valence-electron chi connectivity index (χ2n) is 7.52. The van der Waals surface area contributed by atoms with Gasteiger partial charge < -0.3 is 15.5 Å². The number of carbonyl (C=O) groups is 1. The first-order valence-electron chi connectivity index (χ1n) is 10.2. The summed E-state index contributed by atoms with van der Waals surface area (Å²) in [6, 6.07) is 12.7. The lowest BCUT2D eigenvalue weighted by molar-refractivity contribution is 0.102. The van der Waals surface area contributed by atoms with E-state index in [4.69, 9.17) is 23.2 Å². The minimum Gasteiger partial charge on any atom is -0.384 e. The summed E-state index contributed by atoms with van der Waals surface area (Å²) in [6.07, 6.45) is 7.32.